The smallest absolute Gasteiger partial charge is 0.191 e. The Balaban J connectivity index is 1.62. The first-order valence-corrected chi connectivity index (χ1v) is 10.5. The number of aromatic nitrogens is 1. The minimum atomic E-state index is 0.338. The van der Waals surface area contributed by atoms with E-state index in [9.17, 15) is 0 Å². The Morgan fingerprint density at radius 1 is 1.34 bits per heavy atom. The summed E-state index contributed by atoms with van der Waals surface area (Å²) in [5.41, 5.74) is 3.27. The highest BCUT2D eigenvalue weighted by Gasteiger charge is 2.22. The van der Waals surface area contributed by atoms with Crippen LogP contribution in [0.15, 0.2) is 33.8 Å². The molecule has 158 valence electrons. The van der Waals surface area contributed by atoms with Crippen LogP contribution in [-0.4, -0.2) is 50.4 Å². The minimum Gasteiger partial charge on any atom is -0.495 e. The molecule has 1 aliphatic rings. The molecule has 2 aromatic rings. The number of piperidine rings is 1. The molecule has 29 heavy (non-hydrogen) atoms. The number of aryl methyl sites for hydroxylation is 2. The molecule has 2 heterocycles. The van der Waals surface area contributed by atoms with Gasteiger partial charge in [-0.1, -0.05) is 17.3 Å². The highest BCUT2D eigenvalue weighted by molar-refractivity contribution is 5.80. The molecule has 1 aliphatic heterocycles. The third-order valence-corrected chi connectivity index (χ3v) is 5.35. The molecule has 3 rings (SSSR count). The molecule has 1 atom stereocenters. The van der Waals surface area contributed by atoms with Crippen molar-refractivity contribution in [2.45, 2.75) is 46.1 Å². The average Bonchev–Trinajstić information content (AvgIpc) is 3.06. The molecule has 2 N–H and O–H groups in total. The molecule has 1 unspecified atom stereocenters. The quantitative estimate of drug-likeness (QED) is 0.551. The van der Waals surface area contributed by atoms with Crippen LogP contribution in [0.2, 0.25) is 0 Å². The Bertz CT molecular complexity index is 798. The number of anilines is 1. The number of hydrogen-bond donors (Lipinski definition) is 2. The fraction of sp³-hybridized carbons (Fsp3) is 0.545. The van der Waals surface area contributed by atoms with Gasteiger partial charge in [0.05, 0.1) is 18.5 Å². The summed E-state index contributed by atoms with van der Waals surface area (Å²) in [4.78, 5) is 7.17. The lowest BCUT2D eigenvalue weighted by Crippen LogP contribution is -2.51. The predicted octanol–water partition coefficient (Wildman–Crippen LogP) is 3.07. The highest BCUT2D eigenvalue weighted by atomic mass is 16.5. The average molecular weight is 400 g/mol. The second-order valence-electron chi connectivity index (χ2n) is 7.41. The molecule has 1 aromatic carbocycles. The van der Waals surface area contributed by atoms with Gasteiger partial charge in [0.15, 0.2) is 5.96 Å². The maximum Gasteiger partial charge on any atom is 0.191 e. The summed E-state index contributed by atoms with van der Waals surface area (Å²) < 4.78 is 10.8. The van der Waals surface area contributed by atoms with Crippen molar-refractivity contribution >= 4 is 11.6 Å². The molecule has 0 spiro atoms. The zero-order chi connectivity index (χ0) is 20.6. The van der Waals surface area contributed by atoms with Crippen molar-refractivity contribution in [3.05, 3.63) is 41.3 Å². The Kier molecular flexibility index (Phi) is 7.38. The number of nitrogens with one attached hydrogen (secondary N) is 2. The summed E-state index contributed by atoms with van der Waals surface area (Å²) in [6.45, 7) is 9.52. The number of para-hydroxylation sites is 2. The van der Waals surface area contributed by atoms with Crippen molar-refractivity contribution in [1.29, 1.82) is 0 Å². The maximum absolute atomic E-state index is 5.55. The van der Waals surface area contributed by atoms with Gasteiger partial charge >= 0.3 is 0 Å². The van der Waals surface area contributed by atoms with E-state index in [1.165, 1.54) is 0 Å². The number of guanidine groups is 1. The van der Waals surface area contributed by atoms with Gasteiger partial charge in [-0.25, -0.2) is 0 Å². The van der Waals surface area contributed by atoms with E-state index >= 15 is 0 Å². The summed E-state index contributed by atoms with van der Waals surface area (Å²) in [7, 11) is 1.73. The molecule has 1 aromatic heterocycles. The van der Waals surface area contributed by atoms with Gasteiger partial charge in [0.25, 0.3) is 0 Å². The van der Waals surface area contributed by atoms with Crippen molar-refractivity contribution in [3.63, 3.8) is 0 Å². The number of nitrogens with zero attached hydrogens (tertiary/aromatic N) is 3. The lowest BCUT2D eigenvalue weighted by molar-refractivity contribution is 0.392. The van der Waals surface area contributed by atoms with Crippen LogP contribution in [-0.2, 0) is 6.42 Å². The molecule has 0 amide bonds. The zero-order valence-corrected chi connectivity index (χ0v) is 18.0. The number of benzene rings is 1. The van der Waals surface area contributed by atoms with E-state index in [-0.39, 0.29) is 0 Å². The topological polar surface area (TPSA) is 74.9 Å². The number of aliphatic imine (C=N–C) groups is 1. The second-order valence-corrected chi connectivity index (χ2v) is 7.41. The summed E-state index contributed by atoms with van der Waals surface area (Å²) in [5, 5.41) is 11.0. The predicted molar refractivity (Wildman–Crippen MR) is 117 cm³/mol. The van der Waals surface area contributed by atoms with Gasteiger partial charge in [-0.05, 0) is 52.2 Å². The summed E-state index contributed by atoms with van der Waals surface area (Å²) in [5.74, 6) is 2.68. The van der Waals surface area contributed by atoms with Crippen molar-refractivity contribution in [1.82, 2.24) is 15.8 Å². The van der Waals surface area contributed by atoms with Crippen molar-refractivity contribution in [3.8, 4) is 5.75 Å². The van der Waals surface area contributed by atoms with Crippen LogP contribution in [0.1, 0.15) is 36.8 Å². The van der Waals surface area contributed by atoms with Crippen molar-refractivity contribution in [2.24, 2.45) is 4.99 Å². The van der Waals surface area contributed by atoms with Gasteiger partial charge in [0, 0.05) is 37.8 Å². The Labute approximate surface area is 173 Å². The maximum atomic E-state index is 5.55. The van der Waals surface area contributed by atoms with Crippen LogP contribution in [0.25, 0.3) is 0 Å². The molecule has 0 saturated carbocycles. The fourth-order valence-electron chi connectivity index (χ4n) is 3.86. The Morgan fingerprint density at radius 3 is 2.90 bits per heavy atom. The van der Waals surface area contributed by atoms with E-state index in [2.05, 4.69) is 39.7 Å². The summed E-state index contributed by atoms with van der Waals surface area (Å²) >= 11 is 0. The molecular weight excluding hydrogens is 366 g/mol. The number of methoxy groups -OCH3 is 1. The van der Waals surface area contributed by atoms with E-state index in [4.69, 9.17) is 14.3 Å². The van der Waals surface area contributed by atoms with Crippen LogP contribution in [0.3, 0.4) is 0 Å². The van der Waals surface area contributed by atoms with E-state index in [1.54, 1.807) is 7.11 Å². The van der Waals surface area contributed by atoms with Crippen LogP contribution in [0, 0.1) is 13.8 Å². The highest BCUT2D eigenvalue weighted by Crippen LogP contribution is 2.29. The number of hydrogen-bond acceptors (Lipinski definition) is 5. The van der Waals surface area contributed by atoms with Gasteiger partial charge < -0.3 is 24.8 Å². The lowest BCUT2D eigenvalue weighted by Gasteiger charge is -2.36. The third-order valence-electron chi connectivity index (χ3n) is 5.35. The first-order chi connectivity index (χ1) is 14.1. The molecule has 7 heteroatoms. The first-order valence-electron chi connectivity index (χ1n) is 10.5. The Hall–Kier alpha value is -2.70. The molecular formula is C22H33N5O2. The lowest BCUT2D eigenvalue weighted by atomic mass is 10.0. The van der Waals surface area contributed by atoms with Crippen LogP contribution in [0.5, 0.6) is 5.75 Å². The molecule has 0 aliphatic carbocycles. The standard InChI is InChI=1S/C22H33N5O2/c1-5-23-22(24-13-12-19-16(2)26-29-17(19)3)25-18-9-8-14-27(15-18)20-10-6-7-11-21(20)28-4/h6-7,10-11,18H,5,8-9,12-15H2,1-4H3,(H2,23,24,25). The van der Waals surface area contributed by atoms with Gasteiger partial charge in [-0.15, -0.1) is 0 Å². The monoisotopic (exact) mass is 399 g/mol. The molecule has 0 radical (unpaired) electrons. The molecule has 1 saturated heterocycles. The SMILES string of the molecule is CCNC(=NCCc1c(C)noc1C)NC1CCCN(c2ccccc2OC)C1. The number of rotatable bonds is 7. The van der Waals surface area contributed by atoms with Crippen LogP contribution in [0.4, 0.5) is 5.69 Å². The van der Waals surface area contributed by atoms with Crippen molar-refractivity contribution < 1.29 is 9.26 Å². The van der Waals surface area contributed by atoms with E-state index in [1.807, 2.05) is 26.0 Å². The van der Waals surface area contributed by atoms with Gasteiger partial charge in [0.2, 0.25) is 0 Å². The molecule has 1 fully saturated rings. The van der Waals surface area contributed by atoms with E-state index in [0.717, 1.165) is 73.3 Å². The summed E-state index contributed by atoms with van der Waals surface area (Å²) in [6.07, 6.45) is 3.09. The van der Waals surface area contributed by atoms with Crippen LogP contribution < -0.4 is 20.3 Å². The second kappa shape index (κ2) is 10.2. The largest absolute Gasteiger partial charge is 0.495 e. The van der Waals surface area contributed by atoms with Gasteiger partial charge in [-0.3, -0.25) is 4.99 Å². The van der Waals surface area contributed by atoms with Crippen molar-refractivity contribution in [2.75, 3.05) is 38.2 Å². The Morgan fingerprint density at radius 2 is 2.17 bits per heavy atom. The van der Waals surface area contributed by atoms with E-state index in [0.29, 0.717) is 12.6 Å². The molecule has 7 nitrogen and oxygen atoms in total. The zero-order valence-electron chi connectivity index (χ0n) is 18.0. The van der Waals surface area contributed by atoms with Crippen LogP contribution >= 0.6 is 0 Å². The van der Waals surface area contributed by atoms with Gasteiger partial charge in [0.1, 0.15) is 11.5 Å². The fourth-order valence-corrected chi connectivity index (χ4v) is 3.86. The summed E-state index contributed by atoms with van der Waals surface area (Å²) in [6, 6.07) is 8.56. The molecule has 0 bridgehead atoms. The normalized spacial score (nSPS) is 17.3. The number of ether oxygens (including phenoxy) is 1. The minimum absolute atomic E-state index is 0.338. The van der Waals surface area contributed by atoms with E-state index < -0.39 is 0 Å². The van der Waals surface area contributed by atoms with Gasteiger partial charge in [-0.2, -0.15) is 0 Å². The first kappa shape index (κ1) is 21.0. The third kappa shape index (κ3) is 5.43.